The predicted molar refractivity (Wildman–Crippen MR) is 125 cm³/mol. The number of carbonyl (C=O) groups is 2. The van der Waals surface area contributed by atoms with Crippen LogP contribution >= 0.6 is 11.6 Å². The van der Waals surface area contributed by atoms with Crippen LogP contribution in [0.5, 0.6) is 0 Å². The molecule has 0 bridgehead atoms. The van der Waals surface area contributed by atoms with Gasteiger partial charge in [-0.15, -0.1) is 0 Å². The minimum absolute atomic E-state index is 0.168. The third kappa shape index (κ3) is 4.46. The molecule has 3 aromatic heterocycles. The Labute approximate surface area is 193 Å². The summed E-state index contributed by atoms with van der Waals surface area (Å²) >= 11 is 6.44. The average Bonchev–Trinajstić information content (AvgIpc) is 3.16. The Morgan fingerprint density at radius 2 is 2.06 bits per heavy atom. The zero-order chi connectivity index (χ0) is 23.5. The van der Waals surface area contributed by atoms with Crippen LogP contribution in [0.2, 0.25) is 5.02 Å². The fraction of sp³-hybridized carbons (Fsp3) is 0.0455. The average molecular weight is 464 g/mol. The number of nitrogens with one attached hydrogen (secondary N) is 2. The molecule has 1 aromatic carbocycles. The quantitative estimate of drug-likeness (QED) is 0.296. The topological polar surface area (TPSA) is 137 Å². The van der Waals surface area contributed by atoms with Crippen LogP contribution in [0.4, 0.5) is 22.1 Å². The number of aromatic nitrogens is 4. The summed E-state index contributed by atoms with van der Waals surface area (Å²) in [4.78, 5) is 33.1. The van der Waals surface area contributed by atoms with Crippen molar-refractivity contribution in [3.05, 3.63) is 78.0 Å². The standard InChI is InChI=1S/C22H18ClN7O3/c1-3-33-21(31)14-10-30-19(20(24)25-11-26-30)18(14)13-7-8-16(15(23)9-13)28-22(32)29-17-6-4-5-12(2)27-17/h3-11H,1H2,2H3,(H2,24,25,26)(H2,27,28,29,32). The van der Waals surface area contributed by atoms with Gasteiger partial charge in [0.25, 0.3) is 0 Å². The summed E-state index contributed by atoms with van der Waals surface area (Å²) in [7, 11) is 0. The first kappa shape index (κ1) is 21.8. The third-order valence-corrected chi connectivity index (χ3v) is 4.96. The third-order valence-electron chi connectivity index (χ3n) is 4.65. The lowest BCUT2D eigenvalue weighted by atomic mass is 10.0. The van der Waals surface area contributed by atoms with Crippen molar-refractivity contribution in [3.8, 4) is 11.1 Å². The second kappa shape index (κ2) is 8.97. The Hall–Kier alpha value is -4.44. The molecule has 4 rings (SSSR count). The molecule has 4 aromatic rings. The molecule has 10 nitrogen and oxygen atoms in total. The second-order valence-electron chi connectivity index (χ2n) is 6.87. The zero-order valence-electron chi connectivity index (χ0n) is 17.4. The van der Waals surface area contributed by atoms with Gasteiger partial charge in [0.05, 0.1) is 22.5 Å². The van der Waals surface area contributed by atoms with Crippen LogP contribution in [0.15, 0.2) is 61.8 Å². The monoisotopic (exact) mass is 463 g/mol. The predicted octanol–water partition coefficient (Wildman–Crippen LogP) is 4.28. The van der Waals surface area contributed by atoms with Crippen molar-refractivity contribution >= 4 is 46.4 Å². The molecule has 2 amide bonds. The summed E-state index contributed by atoms with van der Waals surface area (Å²) in [5, 5.41) is 9.66. The lowest BCUT2D eigenvalue weighted by molar-refractivity contribution is 0.0665. The molecule has 0 spiro atoms. The van der Waals surface area contributed by atoms with Gasteiger partial charge in [-0.05, 0) is 36.8 Å². The summed E-state index contributed by atoms with van der Waals surface area (Å²) in [5.41, 5.74) is 8.76. The molecular weight excluding hydrogens is 446 g/mol. The number of carbonyl (C=O) groups excluding carboxylic acids is 2. The van der Waals surface area contributed by atoms with Gasteiger partial charge in [0.1, 0.15) is 17.7 Å². The van der Waals surface area contributed by atoms with Crippen molar-refractivity contribution in [2.24, 2.45) is 0 Å². The Morgan fingerprint density at radius 1 is 1.24 bits per heavy atom. The maximum Gasteiger partial charge on any atom is 0.345 e. The summed E-state index contributed by atoms with van der Waals surface area (Å²) < 4.78 is 6.38. The highest BCUT2D eigenvalue weighted by Crippen LogP contribution is 2.36. The molecule has 0 atom stereocenters. The number of urea groups is 1. The van der Waals surface area contributed by atoms with E-state index < -0.39 is 12.0 Å². The van der Waals surface area contributed by atoms with Crippen molar-refractivity contribution < 1.29 is 14.3 Å². The van der Waals surface area contributed by atoms with E-state index in [2.05, 4.69) is 32.3 Å². The smallest absolute Gasteiger partial charge is 0.345 e. The molecule has 4 N–H and O–H groups in total. The van der Waals surface area contributed by atoms with E-state index in [0.29, 0.717) is 28.1 Å². The first-order valence-corrected chi connectivity index (χ1v) is 10.0. The number of rotatable bonds is 5. The highest BCUT2D eigenvalue weighted by atomic mass is 35.5. The number of hydrogen-bond acceptors (Lipinski definition) is 7. The molecule has 0 aliphatic rings. The Morgan fingerprint density at radius 3 is 2.79 bits per heavy atom. The SMILES string of the molecule is C=COC(=O)c1cn2ncnc(N)c2c1-c1ccc(NC(=O)Nc2cccc(C)n2)c(Cl)c1. The number of nitrogens with zero attached hydrogens (tertiary/aromatic N) is 4. The first-order valence-electron chi connectivity index (χ1n) is 9.62. The van der Waals surface area contributed by atoms with E-state index in [0.717, 1.165) is 12.0 Å². The van der Waals surface area contributed by atoms with E-state index in [1.807, 2.05) is 13.0 Å². The molecule has 33 heavy (non-hydrogen) atoms. The first-order chi connectivity index (χ1) is 15.9. The minimum atomic E-state index is -0.645. The van der Waals surface area contributed by atoms with E-state index in [1.165, 1.54) is 17.0 Å². The number of hydrogen-bond donors (Lipinski definition) is 3. The molecule has 0 radical (unpaired) electrons. The van der Waals surface area contributed by atoms with Gasteiger partial charge >= 0.3 is 12.0 Å². The van der Waals surface area contributed by atoms with Gasteiger partial charge in [-0.25, -0.2) is 24.1 Å². The van der Waals surface area contributed by atoms with E-state index in [9.17, 15) is 9.59 Å². The van der Waals surface area contributed by atoms with Crippen LogP contribution in [0.25, 0.3) is 16.6 Å². The van der Waals surface area contributed by atoms with Crippen molar-refractivity contribution in [2.75, 3.05) is 16.4 Å². The highest BCUT2D eigenvalue weighted by molar-refractivity contribution is 6.34. The van der Waals surface area contributed by atoms with Gasteiger partial charge in [0.2, 0.25) is 0 Å². The Balaban J connectivity index is 1.68. The highest BCUT2D eigenvalue weighted by Gasteiger charge is 2.23. The normalized spacial score (nSPS) is 10.6. The molecule has 0 saturated heterocycles. The van der Waals surface area contributed by atoms with E-state index >= 15 is 0 Å². The summed E-state index contributed by atoms with van der Waals surface area (Å²) in [6, 6.07) is 9.64. The fourth-order valence-corrected chi connectivity index (χ4v) is 3.50. The van der Waals surface area contributed by atoms with E-state index in [4.69, 9.17) is 22.1 Å². The van der Waals surface area contributed by atoms with Gasteiger partial charge in [-0.1, -0.05) is 30.3 Å². The molecule has 0 aliphatic heterocycles. The molecular formula is C22H18ClN7O3. The van der Waals surface area contributed by atoms with Crippen LogP contribution in [-0.2, 0) is 4.74 Å². The van der Waals surface area contributed by atoms with Crippen LogP contribution in [-0.4, -0.2) is 31.6 Å². The zero-order valence-corrected chi connectivity index (χ0v) is 18.1. The molecule has 11 heteroatoms. The Kier molecular flexibility index (Phi) is 5.92. The van der Waals surface area contributed by atoms with E-state index in [1.54, 1.807) is 30.3 Å². The maximum atomic E-state index is 12.5. The van der Waals surface area contributed by atoms with Gasteiger partial charge in [0, 0.05) is 17.5 Å². The van der Waals surface area contributed by atoms with Crippen molar-refractivity contribution in [1.82, 2.24) is 19.6 Å². The lowest BCUT2D eigenvalue weighted by Gasteiger charge is -2.11. The summed E-state index contributed by atoms with van der Waals surface area (Å²) in [5.74, 6) is -0.0735. The number of pyridine rings is 1. The number of esters is 1. The lowest BCUT2D eigenvalue weighted by Crippen LogP contribution is -2.20. The maximum absolute atomic E-state index is 12.5. The van der Waals surface area contributed by atoms with Crippen molar-refractivity contribution in [2.45, 2.75) is 6.92 Å². The number of amides is 2. The number of ether oxygens (including phenoxy) is 1. The van der Waals surface area contributed by atoms with Crippen molar-refractivity contribution in [3.63, 3.8) is 0 Å². The number of nitrogens with two attached hydrogens (primary N) is 1. The van der Waals surface area contributed by atoms with Crippen LogP contribution in [0, 0.1) is 6.92 Å². The molecule has 0 fully saturated rings. The van der Waals surface area contributed by atoms with Gasteiger partial charge < -0.3 is 15.8 Å². The number of anilines is 3. The molecule has 0 unspecified atom stereocenters. The van der Waals surface area contributed by atoms with Crippen molar-refractivity contribution in [1.29, 1.82) is 0 Å². The molecule has 166 valence electrons. The second-order valence-corrected chi connectivity index (χ2v) is 7.27. The van der Waals surface area contributed by atoms with Crippen LogP contribution in [0.1, 0.15) is 16.1 Å². The number of fused-ring (bicyclic) bond motifs is 1. The van der Waals surface area contributed by atoms with Crippen LogP contribution in [0.3, 0.4) is 0 Å². The van der Waals surface area contributed by atoms with Gasteiger partial charge in [-0.3, -0.25) is 5.32 Å². The largest absolute Gasteiger partial charge is 0.431 e. The minimum Gasteiger partial charge on any atom is -0.431 e. The molecule has 0 aliphatic carbocycles. The van der Waals surface area contributed by atoms with Crippen LogP contribution < -0.4 is 16.4 Å². The number of aryl methyl sites for hydroxylation is 1. The number of halogens is 1. The number of benzene rings is 1. The number of nitrogen functional groups attached to an aromatic ring is 1. The molecule has 3 heterocycles. The Bertz CT molecular complexity index is 1400. The molecule has 0 saturated carbocycles. The summed E-state index contributed by atoms with van der Waals surface area (Å²) in [6.07, 6.45) is 3.79. The van der Waals surface area contributed by atoms with Gasteiger partial charge in [-0.2, -0.15) is 5.10 Å². The van der Waals surface area contributed by atoms with E-state index in [-0.39, 0.29) is 16.4 Å². The fourth-order valence-electron chi connectivity index (χ4n) is 3.28. The summed E-state index contributed by atoms with van der Waals surface area (Å²) in [6.45, 7) is 5.23. The van der Waals surface area contributed by atoms with Gasteiger partial charge in [0.15, 0.2) is 5.82 Å².